The summed E-state index contributed by atoms with van der Waals surface area (Å²) in [7, 11) is 3.17. The van der Waals surface area contributed by atoms with Crippen molar-refractivity contribution in [3.05, 3.63) is 128 Å². The van der Waals surface area contributed by atoms with Crippen LogP contribution in [-0.2, 0) is 20.6 Å². The summed E-state index contributed by atoms with van der Waals surface area (Å²) in [5.41, 5.74) is 2.01. The van der Waals surface area contributed by atoms with Crippen LogP contribution in [0.2, 0.25) is 5.02 Å². The quantitative estimate of drug-likeness (QED) is 0.301. The van der Waals surface area contributed by atoms with Gasteiger partial charge in [-0.3, -0.25) is 13.9 Å². The van der Waals surface area contributed by atoms with E-state index in [2.05, 4.69) is 4.98 Å². The van der Waals surface area contributed by atoms with E-state index >= 15 is 0 Å². The molecule has 0 saturated carbocycles. The second-order valence-electron chi connectivity index (χ2n) is 9.49. The lowest BCUT2D eigenvalue weighted by Gasteiger charge is -2.10. The van der Waals surface area contributed by atoms with Gasteiger partial charge in [0.15, 0.2) is 11.2 Å². The number of aromatic nitrogens is 5. The van der Waals surface area contributed by atoms with E-state index in [0.717, 1.165) is 20.3 Å². The van der Waals surface area contributed by atoms with E-state index in [1.807, 2.05) is 60.7 Å². The third kappa shape index (κ3) is 4.34. The summed E-state index contributed by atoms with van der Waals surface area (Å²) in [6, 6.07) is 25.7. The molecule has 0 radical (unpaired) electrons. The maximum Gasteiger partial charge on any atom is 0.416 e. The number of fused-ring (bicyclic) bond motifs is 2. The van der Waals surface area contributed by atoms with Gasteiger partial charge in [0.1, 0.15) is 0 Å². The summed E-state index contributed by atoms with van der Waals surface area (Å²) in [4.78, 5) is 48.8. The number of rotatable bonds is 5. The van der Waals surface area contributed by atoms with Crippen molar-refractivity contribution < 1.29 is 9.90 Å². The van der Waals surface area contributed by atoms with Crippen molar-refractivity contribution in [3.8, 4) is 0 Å². The third-order valence-corrected chi connectivity index (χ3v) is 7.35. The van der Waals surface area contributed by atoms with Crippen LogP contribution in [0.15, 0.2) is 99.5 Å². The molecule has 41 heavy (non-hydrogen) atoms. The number of imidazole rings is 1. The molecule has 6 rings (SSSR count). The maximum atomic E-state index is 13.8. The topological polar surface area (TPSA) is 116 Å². The van der Waals surface area contributed by atoms with Crippen molar-refractivity contribution in [2.24, 2.45) is 19.1 Å². The van der Waals surface area contributed by atoms with Crippen LogP contribution < -0.4 is 11.2 Å². The van der Waals surface area contributed by atoms with Gasteiger partial charge in [-0.2, -0.15) is 4.98 Å². The molecule has 10 nitrogen and oxygen atoms in total. The van der Waals surface area contributed by atoms with Crippen molar-refractivity contribution >= 4 is 51.4 Å². The van der Waals surface area contributed by atoms with Gasteiger partial charge in [0.2, 0.25) is 5.95 Å². The summed E-state index contributed by atoms with van der Waals surface area (Å²) >= 11 is 6.30. The number of carboxylic acid groups (broad SMARTS) is 1. The SMILES string of the molecule is Cn1c(N=C(c2ccccc2)c2ccccc2)nc2c1c(=O)n(Cc1cc3c(Cl)cccc3n1C(=O)O)c(=O)n2C. The van der Waals surface area contributed by atoms with Crippen molar-refractivity contribution in [2.75, 3.05) is 0 Å². The van der Waals surface area contributed by atoms with E-state index in [9.17, 15) is 19.5 Å². The first-order valence-electron chi connectivity index (χ1n) is 12.6. The molecule has 204 valence electrons. The number of nitrogens with zero attached hydrogens (tertiary/aromatic N) is 6. The molecule has 0 amide bonds. The van der Waals surface area contributed by atoms with Crippen LogP contribution in [0, 0.1) is 0 Å². The van der Waals surface area contributed by atoms with Crippen molar-refractivity contribution in [1.82, 2.24) is 23.3 Å². The van der Waals surface area contributed by atoms with Crippen LogP contribution >= 0.6 is 11.6 Å². The molecule has 0 unspecified atom stereocenters. The fourth-order valence-electron chi connectivity index (χ4n) is 5.01. The van der Waals surface area contributed by atoms with Crippen LogP contribution in [0.1, 0.15) is 16.8 Å². The lowest BCUT2D eigenvalue weighted by molar-refractivity contribution is 0.196. The Morgan fingerprint density at radius 1 is 0.902 bits per heavy atom. The van der Waals surface area contributed by atoms with Crippen LogP contribution in [0.25, 0.3) is 22.1 Å². The number of halogens is 1. The highest BCUT2D eigenvalue weighted by Gasteiger charge is 2.22. The molecule has 3 aromatic carbocycles. The first-order chi connectivity index (χ1) is 19.8. The van der Waals surface area contributed by atoms with E-state index in [-0.39, 0.29) is 29.4 Å². The van der Waals surface area contributed by atoms with Gasteiger partial charge >= 0.3 is 11.8 Å². The van der Waals surface area contributed by atoms with Crippen molar-refractivity contribution in [3.63, 3.8) is 0 Å². The van der Waals surface area contributed by atoms with Crippen LogP contribution in [0.4, 0.5) is 10.7 Å². The van der Waals surface area contributed by atoms with Crippen molar-refractivity contribution in [1.29, 1.82) is 0 Å². The predicted octanol–water partition coefficient (Wildman–Crippen LogP) is 4.79. The molecular formula is C30H23ClN6O4. The third-order valence-electron chi connectivity index (χ3n) is 7.02. The van der Waals surface area contributed by atoms with Crippen molar-refractivity contribution in [2.45, 2.75) is 6.54 Å². The first-order valence-corrected chi connectivity index (χ1v) is 13.0. The molecule has 0 aliphatic carbocycles. The minimum atomic E-state index is -1.25. The highest BCUT2D eigenvalue weighted by molar-refractivity contribution is 6.35. The molecule has 11 heteroatoms. The smallest absolute Gasteiger partial charge is 0.416 e. The highest BCUT2D eigenvalue weighted by Crippen LogP contribution is 2.27. The van der Waals surface area contributed by atoms with Gasteiger partial charge in [0.25, 0.3) is 5.56 Å². The molecule has 1 N–H and O–H groups in total. The van der Waals surface area contributed by atoms with Gasteiger partial charge in [-0.1, -0.05) is 78.3 Å². The Morgan fingerprint density at radius 2 is 1.54 bits per heavy atom. The fraction of sp³-hybridized carbons (Fsp3) is 0.100. The van der Waals surface area contributed by atoms with Crippen LogP contribution in [0.5, 0.6) is 0 Å². The molecule has 3 heterocycles. The van der Waals surface area contributed by atoms with Crippen LogP contribution in [0.3, 0.4) is 0 Å². The minimum Gasteiger partial charge on any atom is -0.464 e. The second-order valence-corrected chi connectivity index (χ2v) is 9.90. The van der Waals surface area contributed by atoms with E-state index in [1.165, 1.54) is 11.6 Å². The van der Waals surface area contributed by atoms with Crippen LogP contribution in [-0.4, -0.2) is 40.2 Å². The van der Waals surface area contributed by atoms with Gasteiger partial charge in [0.05, 0.1) is 23.5 Å². The van der Waals surface area contributed by atoms with Gasteiger partial charge in [-0.15, -0.1) is 0 Å². The molecule has 0 spiro atoms. The van der Waals surface area contributed by atoms with Gasteiger partial charge < -0.3 is 9.67 Å². The summed E-state index contributed by atoms with van der Waals surface area (Å²) in [6.07, 6.45) is -1.25. The zero-order chi connectivity index (χ0) is 28.8. The Hall–Kier alpha value is -5.22. The summed E-state index contributed by atoms with van der Waals surface area (Å²) in [5.74, 6) is 0.235. The average molecular weight is 567 g/mol. The molecule has 6 aromatic rings. The monoisotopic (exact) mass is 566 g/mol. The zero-order valence-electron chi connectivity index (χ0n) is 22.0. The van der Waals surface area contributed by atoms with Gasteiger partial charge in [0, 0.05) is 35.6 Å². The normalized spacial score (nSPS) is 11.3. The molecule has 0 aliphatic rings. The maximum absolute atomic E-state index is 13.8. The number of hydrogen-bond donors (Lipinski definition) is 1. The number of aliphatic imine (C=N–C) groups is 1. The molecule has 0 atom stereocenters. The summed E-state index contributed by atoms with van der Waals surface area (Å²) in [5, 5.41) is 10.8. The molecule has 0 aliphatic heterocycles. The Labute approximate surface area is 237 Å². The molecule has 3 aromatic heterocycles. The Kier molecular flexibility index (Phi) is 6.39. The predicted molar refractivity (Wildman–Crippen MR) is 158 cm³/mol. The fourth-order valence-corrected chi connectivity index (χ4v) is 5.24. The first kappa shape index (κ1) is 26.0. The largest absolute Gasteiger partial charge is 0.464 e. The number of carbonyl (C=O) groups is 1. The Bertz CT molecular complexity index is 2080. The van der Waals surface area contributed by atoms with E-state index in [4.69, 9.17) is 16.6 Å². The molecule has 0 bridgehead atoms. The number of benzene rings is 3. The Balaban J connectivity index is 1.55. The number of aryl methyl sites for hydroxylation is 2. The highest BCUT2D eigenvalue weighted by atomic mass is 35.5. The standard InChI is InChI=1S/C30H23ClN6O4/c1-34-25-26(33-28(34)32-24(18-10-5-3-6-11-18)19-12-7-4-8-13-19)35(2)29(39)36(27(25)38)17-20-16-21-22(31)14-9-15-23(21)37(20)30(40)41/h3-16H,17H2,1-2H3,(H,40,41). The molecule has 0 fully saturated rings. The van der Waals surface area contributed by atoms with Gasteiger partial charge in [-0.05, 0) is 18.2 Å². The molecule has 0 saturated heterocycles. The van der Waals surface area contributed by atoms with E-state index in [0.29, 0.717) is 21.6 Å². The lowest BCUT2D eigenvalue weighted by Crippen LogP contribution is -2.40. The summed E-state index contributed by atoms with van der Waals surface area (Å²) in [6.45, 7) is -0.290. The van der Waals surface area contributed by atoms with E-state index in [1.54, 1.807) is 35.9 Å². The molecular weight excluding hydrogens is 544 g/mol. The van der Waals surface area contributed by atoms with E-state index < -0.39 is 17.3 Å². The van der Waals surface area contributed by atoms with Gasteiger partial charge in [-0.25, -0.2) is 19.1 Å². The minimum absolute atomic E-state index is 0.155. The summed E-state index contributed by atoms with van der Waals surface area (Å²) < 4.78 is 4.83. The average Bonchev–Trinajstić information content (AvgIpc) is 3.52. The number of hydrogen-bond acceptors (Lipinski definition) is 5. The second kappa shape index (κ2) is 10.1. The lowest BCUT2D eigenvalue weighted by atomic mass is 10.0. The zero-order valence-corrected chi connectivity index (χ0v) is 22.8. The Morgan fingerprint density at radius 3 is 2.15 bits per heavy atom.